The van der Waals surface area contributed by atoms with E-state index in [0.717, 1.165) is 6.42 Å². The molecule has 1 saturated carbocycles. The van der Waals surface area contributed by atoms with Crippen LogP contribution in [0.2, 0.25) is 0 Å². The van der Waals surface area contributed by atoms with Gasteiger partial charge in [0.25, 0.3) is 0 Å². The van der Waals surface area contributed by atoms with E-state index in [2.05, 4.69) is 29.6 Å². The molecule has 4 nitrogen and oxygen atoms in total. The van der Waals surface area contributed by atoms with Crippen LogP contribution >= 0.6 is 0 Å². The van der Waals surface area contributed by atoms with Crippen LogP contribution in [0.1, 0.15) is 31.2 Å². The lowest BCUT2D eigenvalue weighted by Crippen LogP contribution is -2.31. The second-order valence-corrected chi connectivity index (χ2v) is 5.61. The summed E-state index contributed by atoms with van der Waals surface area (Å²) in [5.41, 5.74) is 2.36. The van der Waals surface area contributed by atoms with Gasteiger partial charge in [0.15, 0.2) is 0 Å². The Labute approximate surface area is 127 Å². The van der Waals surface area contributed by atoms with Crippen LogP contribution in [0.25, 0.3) is 0 Å². The van der Waals surface area contributed by atoms with Crippen molar-refractivity contribution in [2.45, 2.75) is 44.4 Å². The molecule has 1 aromatic rings. The minimum atomic E-state index is 0.400. The van der Waals surface area contributed by atoms with Gasteiger partial charge in [0.2, 0.25) is 0 Å². The average Bonchev–Trinajstić information content (AvgIpc) is 2.52. The van der Waals surface area contributed by atoms with Gasteiger partial charge in [0, 0.05) is 25.9 Å². The van der Waals surface area contributed by atoms with E-state index in [9.17, 15) is 0 Å². The van der Waals surface area contributed by atoms with E-state index >= 15 is 0 Å². The second kappa shape index (κ2) is 9.03. The van der Waals surface area contributed by atoms with Crippen molar-refractivity contribution >= 4 is 5.69 Å². The first-order chi connectivity index (χ1) is 10.3. The summed E-state index contributed by atoms with van der Waals surface area (Å²) >= 11 is 0. The van der Waals surface area contributed by atoms with Crippen LogP contribution in [0.4, 0.5) is 5.69 Å². The number of methoxy groups -OCH3 is 2. The molecule has 1 fully saturated rings. The molecule has 0 aromatic heterocycles. The van der Waals surface area contributed by atoms with Crippen molar-refractivity contribution in [3.63, 3.8) is 0 Å². The van der Waals surface area contributed by atoms with E-state index in [-0.39, 0.29) is 0 Å². The number of anilines is 1. The Hall–Kier alpha value is -1.10. The normalized spacial score (nSPS) is 22.2. The van der Waals surface area contributed by atoms with Crippen LogP contribution in [0.3, 0.4) is 0 Å². The van der Waals surface area contributed by atoms with Gasteiger partial charge in [0.1, 0.15) is 0 Å². The van der Waals surface area contributed by atoms with E-state index in [1.165, 1.54) is 30.5 Å². The molecule has 0 amide bonds. The number of hydrogen-bond acceptors (Lipinski definition) is 4. The number of benzene rings is 1. The summed E-state index contributed by atoms with van der Waals surface area (Å²) in [6.07, 6.45) is 5.12. The quantitative estimate of drug-likeness (QED) is 0.747. The van der Waals surface area contributed by atoms with E-state index in [0.29, 0.717) is 32.0 Å². The maximum absolute atomic E-state index is 5.57. The minimum absolute atomic E-state index is 0.400. The van der Waals surface area contributed by atoms with Crippen LogP contribution in [-0.2, 0) is 20.8 Å². The number of ether oxygens (including phenoxy) is 3. The Morgan fingerprint density at radius 1 is 1.19 bits per heavy atom. The minimum Gasteiger partial charge on any atom is -0.382 e. The molecule has 2 rings (SSSR count). The van der Waals surface area contributed by atoms with Crippen molar-refractivity contribution in [1.29, 1.82) is 0 Å². The number of hydrogen-bond donors (Lipinski definition) is 1. The zero-order valence-electron chi connectivity index (χ0n) is 13.1. The molecule has 1 aromatic carbocycles. The molecule has 0 bridgehead atoms. The number of rotatable bonds is 8. The molecule has 0 radical (unpaired) electrons. The predicted octanol–water partition coefficient (Wildman–Crippen LogP) is 3.22. The molecule has 0 spiro atoms. The summed E-state index contributed by atoms with van der Waals surface area (Å²) in [5.74, 6) is 0. The monoisotopic (exact) mass is 293 g/mol. The number of nitrogens with one attached hydrogen (secondary N) is 1. The zero-order valence-corrected chi connectivity index (χ0v) is 13.1. The second-order valence-electron chi connectivity index (χ2n) is 5.61. The highest BCUT2D eigenvalue weighted by molar-refractivity contribution is 5.46. The van der Waals surface area contributed by atoms with Gasteiger partial charge in [-0.3, -0.25) is 0 Å². The predicted molar refractivity (Wildman–Crippen MR) is 84.6 cm³/mol. The Morgan fingerprint density at radius 2 is 2.10 bits per heavy atom. The molecule has 0 heterocycles. The summed E-state index contributed by atoms with van der Waals surface area (Å²) in [5, 5.41) is 3.63. The zero-order chi connectivity index (χ0) is 14.9. The lowest BCUT2D eigenvalue weighted by Gasteiger charge is -2.29. The highest BCUT2D eigenvalue weighted by Gasteiger charge is 2.21. The van der Waals surface area contributed by atoms with Gasteiger partial charge in [-0.05, 0) is 43.4 Å². The lowest BCUT2D eigenvalue weighted by atomic mass is 9.92. The summed E-state index contributed by atoms with van der Waals surface area (Å²) in [4.78, 5) is 0. The lowest BCUT2D eigenvalue weighted by molar-refractivity contribution is 0.0616. The molecule has 21 heavy (non-hydrogen) atoms. The van der Waals surface area contributed by atoms with E-state index < -0.39 is 0 Å². The molecule has 1 aliphatic carbocycles. The Kier molecular flexibility index (Phi) is 7.00. The maximum Gasteiger partial charge on any atom is 0.0718 e. The van der Waals surface area contributed by atoms with Crippen LogP contribution in [-0.4, -0.2) is 39.6 Å². The van der Waals surface area contributed by atoms with E-state index in [1.54, 1.807) is 7.11 Å². The fourth-order valence-electron chi connectivity index (χ4n) is 2.81. The van der Waals surface area contributed by atoms with Crippen molar-refractivity contribution in [2.75, 3.05) is 32.8 Å². The molecule has 1 aliphatic rings. The third-order valence-corrected chi connectivity index (χ3v) is 3.96. The summed E-state index contributed by atoms with van der Waals surface area (Å²) < 4.78 is 16.0. The molecular weight excluding hydrogens is 266 g/mol. The van der Waals surface area contributed by atoms with Crippen molar-refractivity contribution in [3.8, 4) is 0 Å². The van der Waals surface area contributed by atoms with Gasteiger partial charge in [-0.15, -0.1) is 0 Å². The summed E-state index contributed by atoms with van der Waals surface area (Å²) in [7, 11) is 3.50. The average molecular weight is 293 g/mol. The molecule has 4 heteroatoms. The van der Waals surface area contributed by atoms with Gasteiger partial charge in [-0.25, -0.2) is 0 Å². The van der Waals surface area contributed by atoms with Gasteiger partial charge in [-0.1, -0.05) is 12.1 Å². The first-order valence-corrected chi connectivity index (χ1v) is 7.76. The van der Waals surface area contributed by atoms with Gasteiger partial charge >= 0.3 is 0 Å². The fourth-order valence-corrected chi connectivity index (χ4v) is 2.81. The highest BCUT2D eigenvalue weighted by atomic mass is 16.5. The summed E-state index contributed by atoms with van der Waals surface area (Å²) in [6, 6.07) is 8.97. The molecule has 2 atom stereocenters. The van der Waals surface area contributed by atoms with Gasteiger partial charge in [0.05, 0.1) is 25.9 Å². The first kappa shape index (κ1) is 16.3. The largest absolute Gasteiger partial charge is 0.382 e. The summed E-state index contributed by atoms with van der Waals surface area (Å²) in [6.45, 7) is 1.90. The van der Waals surface area contributed by atoms with Crippen molar-refractivity contribution in [3.05, 3.63) is 29.8 Å². The van der Waals surface area contributed by atoms with E-state index in [4.69, 9.17) is 14.2 Å². The van der Waals surface area contributed by atoms with Crippen LogP contribution in [0.15, 0.2) is 24.3 Å². The fraction of sp³-hybridized carbons (Fsp3) is 0.647. The molecule has 0 aliphatic heterocycles. The standard InChI is InChI=1S/C17H27NO3/c1-19-9-10-21-13-14-5-3-6-15(11-14)18-16-7-4-8-17(12-16)20-2/h3,5-6,11,16-18H,4,7-10,12-13H2,1-2H3. The third kappa shape index (κ3) is 5.65. The maximum atomic E-state index is 5.57. The van der Waals surface area contributed by atoms with Gasteiger partial charge < -0.3 is 19.5 Å². The molecule has 1 N–H and O–H groups in total. The smallest absolute Gasteiger partial charge is 0.0718 e. The topological polar surface area (TPSA) is 39.7 Å². The van der Waals surface area contributed by atoms with Gasteiger partial charge in [-0.2, -0.15) is 0 Å². The molecule has 0 saturated heterocycles. The Bertz CT molecular complexity index is 411. The van der Waals surface area contributed by atoms with Crippen LogP contribution < -0.4 is 5.32 Å². The SMILES string of the molecule is COCCOCc1cccc(NC2CCCC(OC)C2)c1. The van der Waals surface area contributed by atoms with Crippen molar-refractivity contribution in [1.82, 2.24) is 0 Å². The highest BCUT2D eigenvalue weighted by Crippen LogP contribution is 2.24. The molecule has 118 valence electrons. The molecular formula is C17H27NO3. The Morgan fingerprint density at radius 3 is 2.90 bits per heavy atom. The van der Waals surface area contributed by atoms with Crippen LogP contribution in [0.5, 0.6) is 0 Å². The van der Waals surface area contributed by atoms with E-state index in [1.807, 2.05) is 7.11 Å². The van der Waals surface area contributed by atoms with Crippen LogP contribution in [0, 0.1) is 0 Å². The third-order valence-electron chi connectivity index (χ3n) is 3.96. The first-order valence-electron chi connectivity index (χ1n) is 7.76. The Balaban J connectivity index is 1.82. The van der Waals surface area contributed by atoms with Crippen molar-refractivity contribution in [2.24, 2.45) is 0 Å². The van der Waals surface area contributed by atoms with Crippen molar-refractivity contribution < 1.29 is 14.2 Å². The molecule has 2 unspecified atom stereocenters.